The lowest BCUT2D eigenvalue weighted by molar-refractivity contribution is 0.0686. The van der Waals surface area contributed by atoms with Gasteiger partial charge in [-0.1, -0.05) is 19.0 Å². The van der Waals surface area contributed by atoms with Gasteiger partial charge in [-0.25, -0.2) is 0 Å². The van der Waals surface area contributed by atoms with Crippen LogP contribution >= 0.6 is 0 Å². The standard InChI is InChI=1S/C12H18N2O2/c1-3-10-8-11(13-16-10)12(15)14-6-4-9(2)5-7-14/h8-9H,3-7H2,1-2H3. The normalized spacial score (nSPS) is 17.8. The maximum absolute atomic E-state index is 12.0. The minimum atomic E-state index is 0.00958. The van der Waals surface area contributed by atoms with Crippen molar-refractivity contribution in [2.45, 2.75) is 33.1 Å². The van der Waals surface area contributed by atoms with Crippen molar-refractivity contribution in [3.05, 3.63) is 17.5 Å². The molecule has 0 radical (unpaired) electrons. The summed E-state index contributed by atoms with van der Waals surface area (Å²) in [5.74, 6) is 1.51. The van der Waals surface area contributed by atoms with Crippen molar-refractivity contribution >= 4 is 5.91 Å². The third-order valence-electron chi connectivity index (χ3n) is 3.20. The summed E-state index contributed by atoms with van der Waals surface area (Å²) < 4.78 is 5.05. The van der Waals surface area contributed by atoms with Gasteiger partial charge in [0.1, 0.15) is 5.76 Å². The number of nitrogens with zero attached hydrogens (tertiary/aromatic N) is 2. The molecule has 88 valence electrons. The van der Waals surface area contributed by atoms with Gasteiger partial charge in [-0.15, -0.1) is 0 Å². The fourth-order valence-electron chi connectivity index (χ4n) is 1.95. The molecule has 0 N–H and O–H groups in total. The van der Waals surface area contributed by atoms with Crippen LogP contribution in [0, 0.1) is 5.92 Å². The van der Waals surface area contributed by atoms with Gasteiger partial charge in [-0.05, 0) is 18.8 Å². The molecule has 0 saturated carbocycles. The van der Waals surface area contributed by atoms with Gasteiger partial charge in [0.05, 0.1) is 0 Å². The highest BCUT2D eigenvalue weighted by atomic mass is 16.5. The first-order valence-corrected chi connectivity index (χ1v) is 5.95. The van der Waals surface area contributed by atoms with Crippen LogP contribution in [-0.4, -0.2) is 29.1 Å². The summed E-state index contributed by atoms with van der Waals surface area (Å²) in [4.78, 5) is 13.9. The lowest BCUT2D eigenvalue weighted by Gasteiger charge is -2.29. The van der Waals surface area contributed by atoms with Crippen molar-refractivity contribution in [1.29, 1.82) is 0 Å². The molecule has 0 spiro atoms. The molecule has 1 aliphatic rings. The second-order valence-corrected chi connectivity index (χ2v) is 4.51. The number of carbonyl (C=O) groups excluding carboxylic acids is 1. The van der Waals surface area contributed by atoms with Gasteiger partial charge >= 0.3 is 0 Å². The molecule has 4 nitrogen and oxygen atoms in total. The fraction of sp³-hybridized carbons (Fsp3) is 0.667. The zero-order valence-corrected chi connectivity index (χ0v) is 9.90. The first-order chi connectivity index (χ1) is 7.70. The lowest BCUT2D eigenvalue weighted by atomic mass is 9.99. The number of aromatic nitrogens is 1. The molecular weight excluding hydrogens is 204 g/mol. The van der Waals surface area contributed by atoms with Gasteiger partial charge in [0.2, 0.25) is 0 Å². The van der Waals surface area contributed by atoms with Crippen molar-refractivity contribution in [2.24, 2.45) is 5.92 Å². The molecule has 1 saturated heterocycles. The first-order valence-electron chi connectivity index (χ1n) is 5.95. The quantitative estimate of drug-likeness (QED) is 0.770. The number of hydrogen-bond donors (Lipinski definition) is 0. The highest BCUT2D eigenvalue weighted by Crippen LogP contribution is 2.18. The van der Waals surface area contributed by atoms with E-state index in [1.807, 2.05) is 11.8 Å². The summed E-state index contributed by atoms with van der Waals surface area (Å²) in [6, 6.07) is 1.75. The molecule has 0 unspecified atom stereocenters. The number of piperidine rings is 1. The third-order valence-corrected chi connectivity index (χ3v) is 3.20. The molecule has 4 heteroatoms. The first kappa shape index (κ1) is 11.2. The van der Waals surface area contributed by atoms with Crippen molar-refractivity contribution in [3.63, 3.8) is 0 Å². The number of hydrogen-bond acceptors (Lipinski definition) is 3. The van der Waals surface area contributed by atoms with Crippen LogP contribution in [0.4, 0.5) is 0 Å². The van der Waals surface area contributed by atoms with Gasteiger partial charge in [0, 0.05) is 25.6 Å². The largest absolute Gasteiger partial charge is 0.361 e. The predicted molar refractivity (Wildman–Crippen MR) is 60.2 cm³/mol. The van der Waals surface area contributed by atoms with E-state index in [1.165, 1.54) is 0 Å². The summed E-state index contributed by atoms with van der Waals surface area (Å²) in [6.45, 7) is 5.90. The Labute approximate surface area is 95.6 Å². The van der Waals surface area contributed by atoms with Gasteiger partial charge < -0.3 is 9.42 Å². The number of rotatable bonds is 2. The summed E-state index contributed by atoms with van der Waals surface area (Å²) in [5.41, 5.74) is 0.450. The molecule has 1 aromatic rings. The average Bonchev–Trinajstić information content (AvgIpc) is 2.77. The van der Waals surface area contributed by atoms with E-state index in [0.29, 0.717) is 5.69 Å². The van der Waals surface area contributed by atoms with E-state index in [4.69, 9.17) is 4.52 Å². The number of likely N-dealkylation sites (tertiary alicyclic amines) is 1. The second kappa shape index (κ2) is 4.68. The maximum Gasteiger partial charge on any atom is 0.276 e. The molecule has 1 aliphatic heterocycles. The van der Waals surface area contributed by atoms with Crippen LogP contribution in [-0.2, 0) is 6.42 Å². The van der Waals surface area contributed by atoms with Crippen LogP contribution in [0.3, 0.4) is 0 Å². The molecule has 2 heterocycles. The van der Waals surface area contributed by atoms with Crippen molar-refractivity contribution < 1.29 is 9.32 Å². The Morgan fingerprint density at radius 3 is 2.81 bits per heavy atom. The van der Waals surface area contributed by atoms with Crippen LogP contribution in [0.1, 0.15) is 42.9 Å². The molecule has 2 rings (SSSR count). The molecule has 0 atom stereocenters. The van der Waals surface area contributed by atoms with Crippen molar-refractivity contribution in [2.75, 3.05) is 13.1 Å². The second-order valence-electron chi connectivity index (χ2n) is 4.51. The summed E-state index contributed by atoms with van der Waals surface area (Å²) in [7, 11) is 0. The zero-order chi connectivity index (χ0) is 11.5. The minimum absolute atomic E-state index is 0.00958. The van der Waals surface area contributed by atoms with E-state index < -0.39 is 0 Å². The van der Waals surface area contributed by atoms with Gasteiger partial charge in [0.15, 0.2) is 5.69 Å². The smallest absolute Gasteiger partial charge is 0.276 e. The Morgan fingerprint density at radius 2 is 2.25 bits per heavy atom. The van der Waals surface area contributed by atoms with Gasteiger partial charge in [-0.3, -0.25) is 4.79 Å². The average molecular weight is 222 g/mol. The number of amides is 1. The van der Waals surface area contributed by atoms with Crippen LogP contribution < -0.4 is 0 Å². The molecule has 16 heavy (non-hydrogen) atoms. The van der Waals surface area contributed by atoms with Crippen LogP contribution in [0.25, 0.3) is 0 Å². The minimum Gasteiger partial charge on any atom is -0.361 e. The highest BCUT2D eigenvalue weighted by Gasteiger charge is 2.23. The molecule has 0 bridgehead atoms. The van der Waals surface area contributed by atoms with Crippen LogP contribution in [0.15, 0.2) is 10.6 Å². The van der Waals surface area contributed by atoms with E-state index in [9.17, 15) is 4.79 Å². The number of carbonyl (C=O) groups is 1. The Bertz CT molecular complexity index is 365. The Kier molecular flexibility index (Phi) is 3.27. The predicted octanol–water partition coefficient (Wildman–Crippen LogP) is 2.11. The molecule has 1 fully saturated rings. The maximum atomic E-state index is 12.0. The fourth-order valence-corrected chi connectivity index (χ4v) is 1.95. The zero-order valence-electron chi connectivity index (χ0n) is 9.90. The van der Waals surface area contributed by atoms with E-state index in [1.54, 1.807) is 6.07 Å². The monoisotopic (exact) mass is 222 g/mol. The van der Waals surface area contributed by atoms with Crippen LogP contribution in [0.5, 0.6) is 0 Å². The van der Waals surface area contributed by atoms with Gasteiger partial charge in [0.25, 0.3) is 5.91 Å². The molecule has 0 aliphatic carbocycles. The summed E-state index contributed by atoms with van der Waals surface area (Å²) in [5, 5.41) is 3.81. The number of aryl methyl sites for hydroxylation is 1. The molecular formula is C12H18N2O2. The van der Waals surface area contributed by atoms with E-state index >= 15 is 0 Å². The van der Waals surface area contributed by atoms with E-state index in [0.717, 1.165) is 44.0 Å². The SMILES string of the molecule is CCc1cc(C(=O)N2CCC(C)CC2)no1. The summed E-state index contributed by atoms with van der Waals surface area (Å²) >= 11 is 0. The highest BCUT2D eigenvalue weighted by molar-refractivity contribution is 5.92. The van der Waals surface area contributed by atoms with Crippen molar-refractivity contribution in [3.8, 4) is 0 Å². The van der Waals surface area contributed by atoms with Crippen molar-refractivity contribution in [1.82, 2.24) is 10.1 Å². The van der Waals surface area contributed by atoms with E-state index in [2.05, 4.69) is 12.1 Å². The Balaban J connectivity index is 2.01. The molecule has 1 aromatic heterocycles. The van der Waals surface area contributed by atoms with Gasteiger partial charge in [-0.2, -0.15) is 0 Å². The van der Waals surface area contributed by atoms with E-state index in [-0.39, 0.29) is 5.91 Å². The third kappa shape index (κ3) is 2.26. The molecule has 0 aromatic carbocycles. The summed E-state index contributed by atoms with van der Waals surface area (Å²) in [6.07, 6.45) is 2.95. The molecule has 1 amide bonds. The Morgan fingerprint density at radius 1 is 1.56 bits per heavy atom. The Hall–Kier alpha value is -1.32. The topological polar surface area (TPSA) is 46.3 Å². The van der Waals surface area contributed by atoms with Crippen LogP contribution in [0.2, 0.25) is 0 Å². The lowest BCUT2D eigenvalue weighted by Crippen LogP contribution is -2.38.